The fourth-order valence-corrected chi connectivity index (χ4v) is 3.17. The van der Waals surface area contributed by atoms with Gasteiger partial charge in [-0.25, -0.2) is 4.98 Å². The summed E-state index contributed by atoms with van der Waals surface area (Å²) in [5, 5.41) is 7.38. The molecule has 0 bridgehead atoms. The lowest BCUT2D eigenvalue weighted by molar-refractivity contribution is 0.0958. The lowest BCUT2D eigenvalue weighted by atomic mass is 9.93. The summed E-state index contributed by atoms with van der Waals surface area (Å²) in [6.45, 7) is 8.51. The Morgan fingerprint density at radius 1 is 1.20 bits per heavy atom. The molecule has 1 amide bonds. The smallest absolute Gasteiger partial charge is 0.269 e. The Bertz CT molecular complexity index is 721. The van der Waals surface area contributed by atoms with Crippen molar-refractivity contribution in [2.45, 2.75) is 45.1 Å². The molecule has 0 unspecified atom stereocenters. The monoisotopic (exact) mass is 341 g/mol. The van der Waals surface area contributed by atoms with Gasteiger partial charge >= 0.3 is 0 Å². The second-order valence-electron chi connectivity index (χ2n) is 7.63. The second kappa shape index (κ2) is 6.86. The molecule has 2 aromatic rings. The first kappa shape index (κ1) is 17.5. The van der Waals surface area contributed by atoms with Crippen LogP contribution in [0.3, 0.4) is 0 Å². The Kier molecular flexibility index (Phi) is 4.79. The fourth-order valence-electron chi connectivity index (χ4n) is 3.17. The quantitative estimate of drug-likeness (QED) is 0.932. The highest BCUT2D eigenvalue weighted by molar-refractivity contribution is 5.92. The summed E-state index contributed by atoms with van der Waals surface area (Å²) in [5.41, 5.74) is 2.75. The van der Waals surface area contributed by atoms with Gasteiger partial charge in [0.2, 0.25) is 0 Å². The minimum absolute atomic E-state index is 0.0874. The number of amides is 1. The van der Waals surface area contributed by atoms with Crippen LogP contribution in [0.2, 0.25) is 0 Å². The highest BCUT2D eigenvalue weighted by Crippen LogP contribution is 2.27. The SMILES string of the molecule is CNC(=O)c1ccc(N2CCC(n3ccc(C(C)(C)C)n3)CC2)cn1. The molecular formula is C19H27N5O. The first-order valence-electron chi connectivity index (χ1n) is 8.87. The van der Waals surface area contributed by atoms with E-state index in [0.29, 0.717) is 11.7 Å². The Hall–Kier alpha value is -2.37. The number of carbonyl (C=O) groups excluding carboxylic acids is 1. The average molecular weight is 341 g/mol. The van der Waals surface area contributed by atoms with E-state index >= 15 is 0 Å². The molecule has 0 saturated carbocycles. The molecule has 1 aliphatic heterocycles. The predicted octanol–water partition coefficient (Wildman–Crippen LogP) is 2.78. The molecule has 3 rings (SSSR count). The van der Waals surface area contributed by atoms with Crippen molar-refractivity contribution in [2.24, 2.45) is 0 Å². The van der Waals surface area contributed by atoms with Crippen LogP contribution in [0.15, 0.2) is 30.6 Å². The number of carbonyl (C=O) groups is 1. The van der Waals surface area contributed by atoms with E-state index in [0.717, 1.165) is 37.3 Å². The minimum atomic E-state index is -0.154. The van der Waals surface area contributed by atoms with Crippen LogP contribution in [0.1, 0.15) is 55.8 Å². The van der Waals surface area contributed by atoms with E-state index in [1.54, 1.807) is 19.3 Å². The minimum Gasteiger partial charge on any atom is -0.370 e. The molecule has 1 saturated heterocycles. The van der Waals surface area contributed by atoms with Crippen molar-refractivity contribution in [1.29, 1.82) is 0 Å². The van der Waals surface area contributed by atoms with Gasteiger partial charge < -0.3 is 10.2 Å². The van der Waals surface area contributed by atoms with Crippen molar-refractivity contribution in [1.82, 2.24) is 20.1 Å². The Morgan fingerprint density at radius 3 is 2.44 bits per heavy atom. The molecule has 6 nitrogen and oxygen atoms in total. The van der Waals surface area contributed by atoms with Crippen LogP contribution in [0.4, 0.5) is 5.69 Å². The van der Waals surface area contributed by atoms with Gasteiger partial charge in [0.15, 0.2) is 0 Å². The summed E-state index contributed by atoms with van der Waals surface area (Å²) in [7, 11) is 1.61. The van der Waals surface area contributed by atoms with Gasteiger partial charge in [-0.1, -0.05) is 20.8 Å². The third kappa shape index (κ3) is 3.83. The second-order valence-corrected chi connectivity index (χ2v) is 7.63. The molecule has 0 radical (unpaired) electrons. The van der Waals surface area contributed by atoms with Crippen LogP contribution in [-0.2, 0) is 5.41 Å². The van der Waals surface area contributed by atoms with E-state index in [1.807, 2.05) is 6.07 Å². The summed E-state index contributed by atoms with van der Waals surface area (Å²) < 4.78 is 2.13. The summed E-state index contributed by atoms with van der Waals surface area (Å²) in [6.07, 6.45) is 6.02. The van der Waals surface area contributed by atoms with Gasteiger partial charge in [0, 0.05) is 31.7 Å². The normalized spacial score (nSPS) is 16.1. The van der Waals surface area contributed by atoms with Crippen molar-refractivity contribution < 1.29 is 4.79 Å². The zero-order chi connectivity index (χ0) is 18.0. The number of rotatable bonds is 3. The van der Waals surface area contributed by atoms with Crippen LogP contribution in [0.5, 0.6) is 0 Å². The number of hydrogen-bond acceptors (Lipinski definition) is 4. The van der Waals surface area contributed by atoms with Gasteiger partial charge in [0.1, 0.15) is 5.69 Å². The highest BCUT2D eigenvalue weighted by atomic mass is 16.1. The number of aromatic nitrogens is 3. The molecule has 0 aromatic carbocycles. The topological polar surface area (TPSA) is 63.1 Å². The van der Waals surface area contributed by atoms with Crippen LogP contribution in [-0.4, -0.2) is 40.8 Å². The number of nitrogens with one attached hydrogen (secondary N) is 1. The summed E-state index contributed by atoms with van der Waals surface area (Å²) in [4.78, 5) is 18.2. The van der Waals surface area contributed by atoms with E-state index in [2.05, 4.69) is 52.9 Å². The number of nitrogens with zero attached hydrogens (tertiary/aromatic N) is 4. The van der Waals surface area contributed by atoms with E-state index in [-0.39, 0.29) is 11.3 Å². The van der Waals surface area contributed by atoms with Crippen LogP contribution in [0.25, 0.3) is 0 Å². The van der Waals surface area contributed by atoms with Crippen LogP contribution >= 0.6 is 0 Å². The third-order valence-electron chi connectivity index (χ3n) is 4.79. The molecule has 2 aromatic heterocycles. The van der Waals surface area contributed by atoms with Gasteiger partial charge in [-0.2, -0.15) is 5.10 Å². The number of piperidine rings is 1. The maximum Gasteiger partial charge on any atom is 0.269 e. The summed E-state index contributed by atoms with van der Waals surface area (Å²) in [6, 6.07) is 6.34. The largest absolute Gasteiger partial charge is 0.370 e. The Labute approximate surface area is 149 Å². The molecule has 3 heterocycles. The molecule has 0 atom stereocenters. The fraction of sp³-hybridized carbons (Fsp3) is 0.526. The molecule has 1 N–H and O–H groups in total. The van der Waals surface area contributed by atoms with Crippen molar-refractivity contribution in [3.63, 3.8) is 0 Å². The van der Waals surface area contributed by atoms with Crippen molar-refractivity contribution in [3.8, 4) is 0 Å². The number of pyridine rings is 1. The molecule has 0 spiro atoms. The standard InChI is InChI=1S/C19H27N5O/c1-19(2,3)17-9-12-24(22-17)14-7-10-23(11-8-14)15-5-6-16(21-13-15)18(25)20-4/h5-6,9,12-14H,7-8,10-11H2,1-4H3,(H,20,25). The number of anilines is 1. The summed E-state index contributed by atoms with van der Waals surface area (Å²) >= 11 is 0. The van der Waals surface area contributed by atoms with Crippen molar-refractivity contribution in [3.05, 3.63) is 42.0 Å². The van der Waals surface area contributed by atoms with Gasteiger partial charge in [-0.05, 0) is 31.0 Å². The highest BCUT2D eigenvalue weighted by Gasteiger charge is 2.24. The lowest BCUT2D eigenvalue weighted by Gasteiger charge is -2.33. The van der Waals surface area contributed by atoms with Gasteiger partial charge in [0.05, 0.1) is 23.6 Å². The van der Waals surface area contributed by atoms with E-state index < -0.39 is 0 Å². The van der Waals surface area contributed by atoms with E-state index in [4.69, 9.17) is 5.10 Å². The Balaban J connectivity index is 1.62. The van der Waals surface area contributed by atoms with Gasteiger partial charge in [-0.15, -0.1) is 0 Å². The summed E-state index contributed by atoms with van der Waals surface area (Å²) in [5.74, 6) is -0.154. The van der Waals surface area contributed by atoms with Gasteiger partial charge in [-0.3, -0.25) is 9.48 Å². The molecule has 25 heavy (non-hydrogen) atoms. The lowest BCUT2D eigenvalue weighted by Crippen LogP contribution is -2.35. The molecule has 134 valence electrons. The zero-order valence-electron chi connectivity index (χ0n) is 15.5. The zero-order valence-corrected chi connectivity index (χ0v) is 15.5. The van der Waals surface area contributed by atoms with E-state index in [1.165, 1.54) is 0 Å². The van der Waals surface area contributed by atoms with E-state index in [9.17, 15) is 4.79 Å². The third-order valence-corrected chi connectivity index (χ3v) is 4.79. The predicted molar refractivity (Wildman–Crippen MR) is 99.0 cm³/mol. The first-order chi connectivity index (χ1) is 11.9. The molecular weight excluding hydrogens is 314 g/mol. The van der Waals surface area contributed by atoms with Crippen molar-refractivity contribution in [2.75, 3.05) is 25.0 Å². The maximum atomic E-state index is 11.6. The molecule has 6 heteroatoms. The Morgan fingerprint density at radius 2 is 1.92 bits per heavy atom. The van der Waals surface area contributed by atoms with Crippen LogP contribution < -0.4 is 10.2 Å². The molecule has 0 aliphatic carbocycles. The van der Waals surface area contributed by atoms with Gasteiger partial charge in [0.25, 0.3) is 5.91 Å². The average Bonchev–Trinajstić information content (AvgIpc) is 3.12. The molecule has 1 fully saturated rings. The van der Waals surface area contributed by atoms with Crippen molar-refractivity contribution >= 4 is 11.6 Å². The maximum absolute atomic E-state index is 11.6. The number of hydrogen-bond donors (Lipinski definition) is 1. The van der Waals surface area contributed by atoms with Crippen LogP contribution in [0, 0.1) is 0 Å². The first-order valence-corrected chi connectivity index (χ1v) is 8.87. The molecule has 1 aliphatic rings.